The molecule has 18 heavy (non-hydrogen) atoms. The lowest BCUT2D eigenvalue weighted by atomic mass is 9.81. The van der Waals surface area contributed by atoms with E-state index in [-0.39, 0.29) is 5.41 Å². The Bertz CT molecular complexity index is 452. The molecule has 1 heterocycles. The van der Waals surface area contributed by atoms with E-state index in [9.17, 15) is 0 Å². The van der Waals surface area contributed by atoms with E-state index in [1.54, 1.807) is 11.3 Å². The summed E-state index contributed by atoms with van der Waals surface area (Å²) in [6.45, 7) is 0. The number of thiazole rings is 1. The molecule has 0 radical (unpaired) electrons. The van der Waals surface area contributed by atoms with Crippen molar-refractivity contribution in [3.8, 4) is 0 Å². The van der Waals surface area contributed by atoms with Crippen LogP contribution in [-0.2, 0) is 12.8 Å². The summed E-state index contributed by atoms with van der Waals surface area (Å²) in [6, 6.07) is 10.4. The van der Waals surface area contributed by atoms with Gasteiger partial charge in [0.05, 0.1) is 11.2 Å². The molecule has 0 unspecified atom stereocenters. The zero-order valence-electron chi connectivity index (χ0n) is 9.98. The number of hydrogen-bond donors (Lipinski definition) is 0. The number of hydrogen-bond acceptors (Lipinski definition) is 2. The minimum atomic E-state index is -0.113. The van der Waals surface area contributed by atoms with Crippen LogP contribution in [0.15, 0.2) is 41.2 Å². The first-order valence-corrected chi connectivity index (χ1v) is 7.82. The van der Waals surface area contributed by atoms with Crippen LogP contribution in [-0.4, -0.2) is 16.7 Å². The lowest BCUT2D eigenvalue weighted by Gasteiger charge is -2.29. The van der Waals surface area contributed by atoms with Crippen molar-refractivity contribution in [3.63, 3.8) is 0 Å². The maximum Gasteiger partial charge on any atom is 0.0794 e. The molecule has 0 amide bonds. The summed E-state index contributed by atoms with van der Waals surface area (Å²) in [5.74, 6) is 1.09. The van der Waals surface area contributed by atoms with E-state index in [1.165, 1.54) is 5.56 Å². The molecule has 0 saturated heterocycles. The first-order chi connectivity index (χ1) is 8.78. The molecule has 2 rings (SSSR count). The standard InChI is InChI=1S/C14H15Cl2NS/c15-9-14(10-16,7-13-8-18-11-17-13)6-12-4-2-1-3-5-12/h1-5,8,11H,6-7,9-10H2. The summed E-state index contributed by atoms with van der Waals surface area (Å²) in [4.78, 5) is 4.34. The van der Waals surface area contributed by atoms with Crippen LogP contribution in [0, 0.1) is 5.41 Å². The van der Waals surface area contributed by atoms with E-state index in [0.717, 1.165) is 18.5 Å². The average Bonchev–Trinajstić information content (AvgIpc) is 2.92. The number of benzene rings is 1. The minimum absolute atomic E-state index is 0.113. The second-order valence-corrected chi connectivity index (χ2v) is 5.84. The van der Waals surface area contributed by atoms with E-state index < -0.39 is 0 Å². The van der Waals surface area contributed by atoms with Crippen LogP contribution < -0.4 is 0 Å². The van der Waals surface area contributed by atoms with Gasteiger partial charge in [0.25, 0.3) is 0 Å². The lowest BCUT2D eigenvalue weighted by Crippen LogP contribution is -2.31. The van der Waals surface area contributed by atoms with Crippen LogP contribution in [0.2, 0.25) is 0 Å². The fourth-order valence-electron chi connectivity index (χ4n) is 2.03. The number of rotatable bonds is 6. The van der Waals surface area contributed by atoms with Crippen LogP contribution in [0.1, 0.15) is 11.3 Å². The van der Waals surface area contributed by atoms with Gasteiger partial charge >= 0.3 is 0 Å². The van der Waals surface area contributed by atoms with Crippen molar-refractivity contribution >= 4 is 34.5 Å². The molecule has 4 heteroatoms. The van der Waals surface area contributed by atoms with Gasteiger partial charge in [0, 0.05) is 22.6 Å². The quantitative estimate of drug-likeness (QED) is 0.721. The summed E-state index contributed by atoms with van der Waals surface area (Å²) in [5, 5.41) is 2.07. The summed E-state index contributed by atoms with van der Waals surface area (Å²) in [6.07, 6.45) is 1.72. The van der Waals surface area contributed by atoms with Gasteiger partial charge < -0.3 is 0 Å². The maximum absolute atomic E-state index is 6.18. The summed E-state index contributed by atoms with van der Waals surface area (Å²) in [7, 11) is 0. The van der Waals surface area contributed by atoms with Crippen molar-refractivity contribution in [1.82, 2.24) is 4.98 Å². The van der Waals surface area contributed by atoms with Crippen molar-refractivity contribution in [2.24, 2.45) is 5.41 Å². The van der Waals surface area contributed by atoms with Crippen molar-refractivity contribution in [2.45, 2.75) is 12.8 Å². The molecular formula is C14H15Cl2NS. The molecule has 0 saturated carbocycles. The Morgan fingerprint density at radius 1 is 1.06 bits per heavy atom. The summed E-state index contributed by atoms with van der Waals surface area (Å²) in [5.41, 5.74) is 4.09. The second-order valence-electron chi connectivity index (χ2n) is 4.59. The van der Waals surface area contributed by atoms with E-state index in [0.29, 0.717) is 11.8 Å². The normalized spacial score (nSPS) is 11.7. The molecule has 0 atom stereocenters. The SMILES string of the molecule is ClCC(CCl)(Cc1ccccc1)Cc1cscn1. The fourth-order valence-corrected chi connectivity index (χ4v) is 3.25. The van der Waals surface area contributed by atoms with Gasteiger partial charge in [0.1, 0.15) is 0 Å². The smallest absolute Gasteiger partial charge is 0.0794 e. The molecule has 1 aromatic carbocycles. The first kappa shape index (κ1) is 13.9. The Hall–Kier alpha value is -0.570. The van der Waals surface area contributed by atoms with Crippen molar-refractivity contribution in [1.29, 1.82) is 0 Å². The molecule has 0 aliphatic heterocycles. The van der Waals surface area contributed by atoms with Gasteiger partial charge in [-0.25, -0.2) is 4.98 Å². The Balaban J connectivity index is 2.16. The van der Waals surface area contributed by atoms with Crippen LogP contribution in [0.25, 0.3) is 0 Å². The number of halogens is 2. The van der Waals surface area contributed by atoms with Gasteiger partial charge in [0.15, 0.2) is 0 Å². The maximum atomic E-state index is 6.18. The Morgan fingerprint density at radius 2 is 1.78 bits per heavy atom. The van der Waals surface area contributed by atoms with Crippen LogP contribution in [0.3, 0.4) is 0 Å². The van der Waals surface area contributed by atoms with Crippen LogP contribution in [0.4, 0.5) is 0 Å². The zero-order valence-corrected chi connectivity index (χ0v) is 12.3. The van der Waals surface area contributed by atoms with Crippen molar-refractivity contribution < 1.29 is 0 Å². The van der Waals surface area contributed by atoms with Crippen LogP contribution in [0.5, 0.6) is 0 Å². The van der Waals surface area contributed by atoms with Gasteiger partial charge in [-0.05, 0) is 18.4 Å². The predicted octanol–water partition coefficient (Wildman–Crippen LogP) is 4.39. The molecule has 0 bridgehead atoms. The number of alkyl halides is 2. The first-order valence-electron chi connectivity index (χ1n) is 5.81. The molecule has 0 aliphatic rings. The van der Waals surface area contributed by atoms with E-state index in [1.807, 2.05) is 23.7 Å². The number of nitrogens with zero attached hydrogens (tertiary/aromatic N) is 1. The molecule has 0 spiro atoms. The highest BCUT2D eigenvalue weighted by molar-refractivity contribution is 7.07. The van der Waals surface area contributed by atoms with Crippen LogP contribution >= 0.6 is 34.5 Å². The Labute approximate surface area is 122 Å². The Morgan fingerprint density at radius 3 is 2.33 bits per heavy atom. The third-order valence-corrected chi connectivity index (χ3v) is 4.80. The predicted molar refractivity (Wildman–Crippen MR) is 79.8 cm³/mol. The van der Waals surface area contributed by atoms with Gasteiger partial charge in [-0.1, -0.05) is 30.3 Å². The van der Waals surface area contributed by atoms with E-state index in [4.69, 9.17) is 23.2 Å². The van der Waals surface area contributed by atoms with E-state index in [2.05, 4.69) is 22.5 Å². The molecular weight excluding hydrogens is 285 g/mol. The molecule has 0 aliphatic carbocycles. The highest BCUT2D eigenvalue weighted by Crippen LogP contribution is 2.31. The number of aromatic nitrogens is 1. The monoisotopic (exact) mass is 299 g/mol. The lowest BCUT2D eigenvalue weighted by molar-refractivity contribution is 0.370. The highest BCUT2D eigenvalue weighted by atomic mass is 35.5. The van der Waals surface area contributed by atoms with Gasteiger partial charge in [0.2, 0.25) is 0 Å². The van der Waals surface area contributed by atoms with Gasteiger partial charge in [-0.3, -0.25) is 0 Å². The molecule has 1 nitrogen and oxygen atoms in total. The summed E-state index contributed by atoms with van der Waals surface area (Å²) < 4.78 is 0. The molecule has 1 aromatic heterocycles. The average molecular weight is 300 g/mol. The minimum Gasteiger partial charge on any atom is -0.250 e. The fraction of sp³-hybridized carbons (Fsp3) is 0.357. The highest BCUT2D eigenvalue weighted by Gasteiger charge is 2.29. The molecule has 0 N–H and O–H groups in total. The Kier molecular flexibility index (Phi) is 5.04. The third-order valence-electron chi connectivity index (χ3n) is 3.03. The molecule has 96 valence electrons. The topological polar surface area (TPSA) is 12.9 Å². The van der Waals surface area contributed by atoms with E-state index >= 15 is 0 Å². The summed E-state index contributed by atoms with van der Waals surface area (Å²) >= 11 is 14.0. The van der Waals surface area contributed by atoms with Crippen molar-refractivity contribution in [3.05, 3.63) is 52.5 Å². The zero-order chi connectivity index (χ0) is 12.8. The third kappa shape index (κ3) is 3.47. The molecule has 0 fully saturated rings. The second kappa shape index (κ2) is 6.55. The largest absolute Gasteiger partial charge is 0.250 e. The van der Waals surface area contributed by atoms with Gasteiger partial charge in [-0.2, -0.15) is 0 Å². The van der Waals surface area contributed by atoms with Crippen molar-refractivity contribution in [2.75, 3.05) is 11.8 Å². The van der Waals surface area contributed by atoms with Gasteiger partial charge in [-0.15, -0.1) is 34.5 Å². The molecule has 2 aromatic rings.